The second-order valence-corrected chi connectivity index (χ2v) is 39.6. The van der Waals surface area contributed by atoms with Crippen molar-refractivity contribution in [3.8, 4) is 0 Å². The van der Waals surface area contributed by atoms with Gasteiger partial charge in [0, 0.05) is 110 Å². The summed E-state index contributed by atoms with van der Waals surface area (Å²) < 4.78 is 55.3. The normalized spacial score (nSPS) is 38.2. The van der Waals surface area contributed by atoms with Crippen molar-refractivity contribution >= 4 is 58.5 Å². The van der Waals surface area contributed by atoms with Crippen LogP contribution in [-0.4, -0.2) is 260 Å². The average Bonchev–Trinajstić information content (AvgIpc) is 0.853. The summed E-state index contributed by atoms with van der Waals surface area (Å²) >= 11 is 0. The van der Waals surface area contributed by atoms with Gasteiger partial charge in [-0.2, -0.15) is 0 Å². The molecule has 4 unspecified atom stereocenters. The number of carbonyl (C=O) groups is 10. The maximum Gasteiger partial charge on any atom is 0.329 e. The Bertz CT molecular complexity index is 4240. The first-order chi connectivity index (χ1) is 62.6. The molecule has 6 fully saturated rings. The zero-order valence-electron chi connectivity index (χ0n) is 81.9. The summed E-state index contributed by atoms with van der Waals surface area (Å²) in [7, 11) is 7.58. The highest BCUT2D eigenvalue weighted by Gasteiger charge is 2.56. The van der Waals surface area contributed by atoms with Crippen LogP contribution in [0.3, 0.4) is 0 Å². The van der Waals surface area contributed by atoms with Crippen molar-refractivity contribution in [2.45, 2.75) is 390 Å². The summed E-state index contributed by atoms with van der Waals surface area (Å²) in [5, 5.41) is 68.6. The standard InChI is InChI=1S/C52H79N5O12.C50H77NO12.4CH4/c1-31-16-12-11-13-17-32(2)43(65-8)28-39-21-19-37(7)52(64,69-39)49(61)50(62)56-23-15-14-18-41(56)51(63)68-44(34(4)26-38-20-22-40(45(27-38)66-9)57-30-53-54-55-57)29-42(58)33(3)25-36(6)47(60)48(67-10)46(59)35(5)24-31;1-30-15-11-10-12-16-31(2)42(60-8)28-39-23-18-36(7)50(59,63-39)47(56)48(57)51-24-14-13-17-40(51)49(58)62-43(33(4)27-37-19-21-38(52)22-20-37)29-41(53)32(3)26-35(6)45(55)46(61-9)44(54)34(5)25-30;;;;/h11-13,16-17,25,30-31,33-35,37-41,43-45,47-48,60,64H,14-15,18-24,26-29H2,1-10H3;10-12,15-16,26,30,32-34,36-40,42-43,45-46,52,55,59H,13-14,17-25,27-29H2,1-9H3;4*1H4/b13-11+,16-12+,32-17+,36-25+;12-10+,15-11+,31-16+,35-26+;;;;/t31-,33-,34-,35?,37-,38+,39+,40?,41?,43+,44+,45-,47-,48?,52-;30-,32-,33-,34-,36-,37?,38?,39+,40+,42+,43+,45-,46+,50-;;;;/m11..../s1. The van der Waals surface area contributed by atoms with Gasteiger partial charge in [0.25, 0.3) is 23.4 Å². The number of allylic oxidation sites excluding steroid dienone is 12. The van der Waals surface area contributed by atoms with E-state index in [0.717, 1.165) is 36.8 Å². The Morgan fingerprint density at radius 1 is 0.463 bits per heavy atom. The number of nitrogens with zero attached hydrogens (tertiary/aromatic N) is 6. The number of piperidine rings is 2. The van der Waals surface area contributed by atoms with E-state index in [1.165, 1.54) is 24.0 Å². The lowest BCUT2D eigenvalue weighted by Crippen LogP contribution is -2.61. The molecule has 2 aliphatic carbocycles. The minimum absolute atomic E-state index is 0. The van der Waals surface area contributed by atoms with E-state index in [0.29, 0.717) is 120 Å². The number of hydrogen-bond donors (Lipinski definition) is 5. The van der Waals surface area contributed by atoms with Gasteiger partial charge >= 0.3 is 11.9 Å². The molecule has 30 heteroatoms. The minimum atomic E-state index is -2.43. The van der Waals surface area contributed by atoms with Gasteiger partial charge in [0.05, 0.1) is 42.7 Å². The topological polar surface area (TPSA) is 405 Å². The quantitative estimate of drug-likeness (QED) is 0.0737. The third-order valence-corrected chi connectivity index (χ3v) is 29.3. The van der Waals surface area contributed by atoms with E-state index in [-0.39, 0.29) is 145 Å². The molecule has 136 heavy (non-hydrogen) atoms. The highest BCUT2D eigenvalue weighted by atomic mass is 16.6. The molecule has 0 aromatic carbocycles. The lowest BCUT2D eigenvalue weighted by atomic mass is 9.77. The Labute approximate surface area is 811 Å². The second-order valence-electron chi connectivity index (χ2n) is 39.6. The van der Waals surface area contributed by atoms with Gasteiger partial charge in [-0.05, 0) is 231 Å². The molecule has 1 aromatic rings. The summed E-state index contributed by atoms with van der Waals surface area (Å²) in [5.74, 6) is -15.5. The van der Waals surface area contributed by atoms with Crippen LogP contribution < -0.4 is 0 Å². The second kappa shape index (κ2) is 57.4. The number of tetrazole rings is 1. The first kappa shape index (κ1) is 121. The van der Waals surface area contributed by atoms with Crippen LogP contribution in [0.15, 0.2) is 102 Å². The van der Waals surface area contributed by atoms with Crippen LogP contribution in [0.4, 0.5) is 0 Å². The van der Waals surface area contributed by atoms with E-state index >= 15 is 0 Å². The fraction of sp³-hybridized carbons (Fsp3) is 0.745. The number of aliphatic hydroxyl groups excluding tert-OH is 3. The number of methoxy groups -OCH3 is 5. The molecule has 1 aromatic heterocycles. The predicted molar refractivity (Wildman–Crippen MR) is 522 cm³/mol. The minimum Gasteiger partial charge on any atom is -0.460 e. The lowest BCUT2D eigenvalue weighted by molar-refractivity contribution is -0.265. The first-order valence-corrected chi connectivity index (χ1v) is 48.5. The van der Waals surface area contributed by atoms with Crippen molar-refractivity contribution < 1.29 is 116 Å². The number of hydrogen-bond acceptors (Lipinski definition) is 27. The summed E-state index contributed by atoms with van der Waals surface area (Å²) in [6, 6.07) is -2.31. The number of esters is 2. The van der Waals surface area contributed by atoms with Crippen LogP contribution in [0, 0.1) is 71.0 Å². The van der Waals surface area contributed by atoms with Crippen LogP contribution in [0.2, 0.25) is 0 Å². The molecule has 5 N–H and O–H groups in total. The molecule has 2 saturated carbocycles. The number of aliphatic hydroxyl groups is 5. The van der Waals surface area contributed by atoms with Crippen LogP contribution in [-0.2, 0) is 90.6 Å². The van der Waals surface area contributed by atoms with Gasteiger partial charge in [-0.15, -0.1) is 5.10 Å². The van der Waals surface area contributed by atoms with Gasteiger partial charge in [-0.1, -0.05) is 172 Å². The Morgan fingerprint density at radius 2 is 0.868 bits per heavy atom. The average molecular weight is 1910 g/mol. The van der Waals surface area contributed by atoms with E-state index in [9.17, 15) is 73.5 Å². The third-order valence-electron chi connectivity index (χ3n) is 29.3. The molecule has 0 radical (unpaired) electrons. The number of ketones is 6. The fourth-order valence-corrected chi connectivity index (χ4v) is 20.6. The van der Waals surface area contributed by atoms with E-state index in [1.54, 1.807) is 86.0 Å². The first-order valence-electron chi connectivity index (χ1n) is 48.5. The molecule has 9 rings (SSSR count). The van der Waals surface area contributed by atoms with Gasteiger partial charge in [0.2, 0.25) is 11.6 Å². The van der Waals surface area contributed by atoms with Gasteiger partial charge in [-0.25, -0.2) is 14.3 Å². The number of aromatic nitrogens is 4. The van der Waals surface area contributed by atoms with Crippen LogP contribution >= 0.6 is 0 Å². The van der Waals surface area contributed by atoms with E-state index in [2.05, 4.69) is 15.5 Å². The summed E-state index contributed by atoms with van der Waals surface area (Å²) in [4.78, 5) is 144. The van der Waals surface area contributed by atoms with Gasteiger partial charge in [0.15, 0.2) is 11.6 Å². The van der Waals surface area contributed by atoms with Crippen LogP contribution in [0.25, 0.3) is 0 Å². The van der Waals surface area contributed by atoms with Crippen LogP contribution in [0.5, 0.6) is 0 Å². The Morgan fingerprint density at radius 3 is 1.25 bits per heavy atom. The molecule has 7 heterocycles. The van der Waals surface area contributed by atoms with Crippen LogP contribution in [0.1, 0.15) is 293 Å². The molecule has 6 aliphatic heterocycles. The maximum atomic E-state index is 14.5. The van der Waals surface area contributed by atoms with E-state index in [4.69, 9.17) is 42.6 Å². The van der Waals surface area contributed by atoms with Gasteiger partial charge in [0.1, 0.15) is 66.6 Å². The number of cyclic esters (lactones) is 2. The Hall–Kier alpha value is -7.59. The van der Waals surface area contributed by atoms with Crippen molar-refractivity contribution in [2.24, 2.45) is 71.0 Å². The lowest BCUT2D eigenvalue weighted by Gasteiger charge is -2.42. The molecular formula is C106H172N6O24. The van der Waals surface area contributed by atoms with Crippen molar-refractivity contribution in [3.05, 3.63) is 102 Å². The predicted octanol–water partition coefficient (Wildman–Crippen LogP) is 15.1. The number of carbonyl (C=O) groups excluding carboxylic acids is 10. The zero-order valence-corrected chi connectivity index (χ0v) is 81.9. The number of amides is 2. The fourth-order valence-electron chi connectivity index (χ4n) is 20.6. The molecule has 4 bridgehead atoms. The molecular weight excluding hydrogens is 1740 g/mol. The molecule has 0 spiro atoms. The molecule has 30 nitrogen and oxygen atoms in total. The number of fused-ring (bicyclic) bond motifs is 6. The highest BCUT2D eigenvalue weighted by Crippen LogP contribution is 2.43. The third kappa shape index (κ3) is 32.7. The van der Waals surface area contributed by atoms with Gasteiger partial charge < -0.3 is 78.0 Å². The number of Topliss-reactive ketones (excluding diaryl/α,β-unsaturated/α-hetero) is 6. The molecule has 770 valence electrons. The Kier molecular flexibility index (Phi) is 50.9. The van der Waals surface area contributed by atoms with Crippen molar-refractivity contribution in [1.29, 1.82) is 0 Å². The molecule has 8 aliphatic rings. The summed E-state index contributed by atoms with van der Waals surface area (Å²) in [6.45, 7) is 25.6. The molecule has 4 saturated heterocycles. The van der Waals surface area contributed by atoms with Crippen molar-refractivity contribution in [1.82, 2.24) is 30.0 Å². The molecule has 2 amide bonds. The van der Waals surface area contributed by atoms with E-state index < -0.39 is 156 Å². The number of rotatable bonds is 12. The summed E-state index contributed by atoms with van der Waals surface area (Å²) in [6.07, 6.45) is 27.1. The van der Waals surface area contributed by atoms with Crippen molar-refractivity contribution in [2.75, 3.05) is 48.6 Å². The monoisotopic (exact) mass is 1910 g/mol. The number of ether oxygens (including phenoxy) is 9. The highest BCUT2D eigenvalue weighted by molar-refractivity contribution is 6.39. The smallest absolute Gasteiger partial charge is 0.329 e. The molecule has 27 atom stereocenters. The van der Waals surface area contributed by atoms with Crippen molar-refractivity contribution in [3.63, 3.8) is 0 Å². The zero-order chi connectivity index (χ0) is 97.2. The van der Waals surface area contributed by atoms with Gasteiger partial charge in [-0.3, -0.25) is 38.4 Å². The van der Waals surface area contributed by atoms with E-state index in [1.807, 2.05) is 116 Å². The summed E-state index contributed by atoms with van der Waals surface area (Å²) in [5.41, 5.74) is 2.56. The Balaban J connectivity index is 0.000000554. The largest absolute Gasteiger partial charge is 0.460 e. The maximum absolute atomic E-state index is 14.5. The SMILES string of the molecule is C.C.C.C.COC1C(=O)C(C)C[C@H](C)/C=C/C=C/C=C(\C)[C@@H](OC)C[C@@H]2CC[C@@H](C)[C@@](O)(O2)C(=O)C(=O)N2CCCCC2C(=O)O[C@H]([C@H](C)C[C@@H]2CCC(n3cnnn3)[C@H](OC)C2)CC(=O)[C@H](C)/C=C(\C)[C@H]1O.CO[C@H]1C[C@@H]2CC[C@@H](C)[C@@](O)(O2)C(=O)C(=O)N2CCCC[C@H]2C(=O)O[C@H]([C@H](C)CC2CCC(O)CC2)CC(=O)[C@H](C)/C=C(\C)[C@@H](O)[C@@H](OC)C(=O)[C@H](C)C[C@H](C)/C=C/C=C/C=C/1C.